The number of thiazole rings is 1. The van der Waals surface area contributed by atoms with Gasteiger partial charge in [0, 0.05) is 19.0 Å². The van der Waals surface area contributed by atoms with Gasteiger partial charge in [0.1, 0.15) is 11.6 Å². The third-order valence-corrected chi connectivity index (χ3v) is 17.5. The first-order valence-corrected chi connectivity index (χ1v) is 21.8. The first kappa shape index (κ1) is 34.7. The largest absolute Gasteiger partial charge is 0.415 e. The summed E-state index contributed by atoms with van der Waals surface area (Å²) in [5.74, 6) is 1.36. The van der Waals surface area contributed by atoms with Gasteiger partial charge >= 0.3 is 0 Å². The highest BCUT2D eigenvalue weighted by molar-refractivity contribution is 7.89. The van der Waals surface area contributed by atoms with E-state index in [-0.39, 0.29) is 39.4 Å². The van der Waals surface area contributed by atoms with Crippen LogP contribution in [0.4, 0.5) is 16.8 Å². The van der Waals surface area contributed by atoms with E-state index in [9.17, 15) is 18.0 Å². The molecule has 2 N–H and O–H groups in total. The van der Waals surface area contributed by atoms with E-state index in [1.54, 1.807) is 15.9 Å². The van der Waals surface area contributed by atoms with E-state index in [4.69, 9.17) is 14.4 Å². The van der Waals surface area contributed by atoms with Crippen LogP contribution < -0.4 is 14.9 Å². The van der Waals surface area contributed by atoms with Crippen molar-refractivity contribution in [3.8, 4) is 10.4 Å². The van der Waals surface area contributed by atoms with E-state index in [1.165, 1.54) is 18.4 Å². The molecule has 1 unspecified atom stereocenters. The zero-order chi connectivity index (χ0) is 34.8. The number of carbonyl (C=O) groups excluding carboxylic acids is 2. The number of benzene rings is 1. The Bertz CT molecular complexity index is 1870. The maximum Gasteiger partial charge on any atom is 0.256 e. The SMILES string of the molecule is CNS(=O)(=O)c1cc(-c2sc(Nc3cccc(N4C(=O)CC[C@H]4CO[Si](C)(C)C(C)(C)C)n3)nc2C)cc2c1C(=O)N(C(C)C1CC1)C2. The van der Waals surface area contributed by atoms with Crippen LogP contribution in [0.15, 0.2) is 35.2 Å². The maximum atomic E-state index is 13.5. The van der Waals surface area contributed by atoms with Gasteiger partial charge in [-0.25, -0.2) is 23.1 Å². The van der Waals surface area contributed by atoms with Crippen LogP contribution in [0.3, 0.4) is 0 Å². The molecule has 1 saturated heterocycles. The monoisotopic (exact) mass is 710 g/mol. The minimum atomic E-state index is -3.92. The third kappa shape index (κ3) is 6.57. The van der Waals surface area contributed by atoms with Crippen LogP contribution in [0.2, 0.25) is 18.1 Å². The topological polar surface area (TPSA) is 134 Å². The first-order chi connectivity index (χ1) is 22.5. The molecule has 2 amide bonds. The van der Waals surface area contributed by atoms with Gasteiger partial charge in [-0.05, 0) is 99.6 Å². The summed E-state index contributed by atoms with van der Waals surface area (Å²) in [6.07, 6.45) is 3.34. The molecule has 6 rings (SSSR count). The highest BCUT2D eigenvalue weighted by Gasteiger charge is 2.42. The molecule has 1 aromatic carbocycles. The molecule has 2 fully saturated rings. The van der Waals surface area contributed by atoms with Crippen LogP contribution in [0, 0.1) is 12.8 Å². The summed E-state index contributed by atoms with van der Waals surface area (Å²) in [6, 6.07) is 9.02. The van der Waals surface area contributed by atoms with E-state index in [1.807, 2.05) is 38.1 Å². The van der Waals surface area contributed by atoms with Gasteiger partial charge in [-0.3, -0.25) is 14.5 Å². The third-order valence-electron chi connectivity index (χ3n) is 10.4. The van der Waals surface area contributed by atoms with Gasteiger partial charge in [0.05, 0.1) is 33.7 Å². The lowest BCUT2D eigenvalue weighted by Crippen LogP contribution is -2.45. The number of anilines is 3. The van der Waals surface area contributed by atoms with Crippen molar-refractivity contribution in [2.75, 3.05) is 23.9 Å². The van der Waals surface area contributed by atoms with E-state index in [0.29, 0.717) is 53.4 Å². The number of sulfonamides is 1. The number of hydrogen-bond acceptors (Lipinski definition) is 9. The fourth-order valence-electron chi connectivity index (χ4n) is 6.25. The second-order valence-corrected chi connectivity index (χ2v) is 22.4. The van der Waals surface area contributed by atoms with Crippen LogP contribution in [0.5, 0.6) is 0 Å². The Labute approximate surface area is 288 Å². The van der Waals surface area contributed by atoms with Gasteiger partial charge in [-0.15, -0.1) is 0 Å². The van der Waals surface area contributed by atoms with Crippen molar-refractivity contribution in [1.29, 1.82) is 0 Å². The molecule has 258 valence electrons. The van der Waals surface area contributed by atoms with E-state index in [2.05, 4.69) is 43.9 Å². The smallest absolute Gasteiger partial charge is 0.256 e. The fourth-order valence-corrected chi connectivity index (χ4v) is 9.24. The Balaban J connectivity index is 1.26. The van der Waals surface area contributed by atoms with Gasteiger partial charge in [-0.1, -0.05) is 38.2 Å². The number of aryl methyl sites for hydroxylation is 1. The Morgan fingerprint density at radius 1 is 1.12 bits per heavy atom. The van der Waals surface area contributed by atoms with Crippen molar-refractivity contribution in [3.05, 3.63) is 47.2 Å². The molecular formula is C34H46N6O5S2Si. The van der Waals surface area contributed by atoms with Crippen molar-refractivity contribution < 1.29 is 22.4 Å². The number of carbonyl (C=O) groups is 2. The Hall–Kier alpha value is -3.17. The first-order valence-electron chi connectivity index (χ1n) is 16.6. The standard InChI is InChI=1S/C34H46N6O5S2Si/c1-20-31(23-16-24-18-39(21(2)22-12-13-22)32(42)30(24)26(17-23)47(43,44)35-6)46-33(36-20)38-27-10-9-11-28(37-27)40-25(14-15-29(40)41)19-45-48(7,8)34(3,4)5/h9-11,16-17,21-22,25,35H,12-15,18-19H2,1-8H3,(H,36,37,38)/t21?,25-/m0/s1. The lowest BCUT2D eigenvalue weighted by molar-refractivity contribution is -0.117. The normalized spacial score (nSPS) is 19.3. The van der Waals surface area contributed by atoms with Gasteiger partial charge in [0.25, 0.3) is 5.91 Å². The second kappa shape index (κ2) is 12.6. The van der Waals surface area contributed by atoms with Crippen LogP contribution in [0.1, 0.15) is 75.0 Å². The zero-order valence-electron chi connectivity index (χ0n) is 29.0. The van der Waals surface area contributed by atoms with Crippen molar-refractivity contribution in [2.45, 2.75) is 102 Å². The number of nitrogens with zero attached hydrogens (tertiary/aromatic N) is 4. The summed E-state index contributed by atoms with van der Waals surface area (Å²) in [6.45, 7) is 15.8. The second-order valence-electron chi connectivity index (χ2n) is 14.7. The molecule has 14 heteroatoms. The van der Waals surface area contributed by atoms with Crippen molar-refractivity contribution in [3.63, 3.8) is 0 Å². The molecule has 0 spiro atoms. The summed E-state index contributed by atoms with van der Waals surface area (Å²) < 4.78 is 35.3. The molecule has 0 radical (unpaired) electrons. The lowest BCUT2D eigenvalue weighted by Gasteiger charge is -2.37. The average molecular weight is 711 g/mol. The van der Waals surface area contributed by atoms with Gasteiger partial charge in [0.2, 0.25) is 15.9 Å². The summed E-state index contributed by atoms with van der Waals surface area (Å²) in [5.41, 5.74) is 2.37. The highest BCUT2D eigenvalue weighted by Crippen LogP contribution is 2.43. The van der Waals surface area contributed by atoms with E-state index >= 15 is 0 Å². The number of rotatable bonds is 11. The number of nitrogens with one attached hydrogen (secondary N) is 2. The molecule has 1 aliphatic carbocycles. The van der Waals surface area contributed by atoms with Crippen LogP contribution in [0.25, 0.3) is 10.4 Å². The minimum absolute atomic E-state index is 0.00737. The molecule has 2 aromatic heterocycles. The molecular weight excluding hydrogens is 665 g/mol. The van der Waals surface area contributed by atoms with E-state index < -0.39 is 18.3 Å². The maximum absolute atomic E-state index is 13.5. The van der Waals surface area contributed by atoms with Gasteiger partial charge < -0.3 is 14.6 Å². The minimum Gasteiger partial charge on any atom is -0.415 e. The quantitative estimate of drug-likeness (QED) is 0.218. The Kier molecular flexibility index (Phi) is 9.11. The number of fused-ring (bicyclic) bond motifs is 1. The molecule has 3 aromatic rings. The molecule has 3 aliphatic rings. The molecule has 4 heterocycles. The summed E-state index contributed by atoms with van der Waals surface area (Å²) in [5, 5.41) is 3.95. The van der Waals surface area contributed by atoms with Crippen molar-refractivity contribution in [1.82, 2.24) is 19.6 Å². The summed E-state index contributed by atoms with van der Waals surface area (Å²) in [7, 11) is -4.54. The molecule has 2 atom stereocenters. The number of aromatic nitrogens is 2. The van der Waals surface area contributed by atoms with E-state index in [0.717, 1.165) is 29.8 Å². The van der Waals surface area contributed by atoms with Crippen molar-refractivity contribution >= 4 is 58.3 Å². The molecule has 11 nitrogen and oxygen atoms in total. The predicted molar refractivity (Wildman–Crippen MR) is 192 cm³/mol. The predicted octanol–water partition coefficient (Wildman–Crippen LogP) is 6.44. The fraction of sp³-hybridized carbons (Fsp3) is 0.529. The van der Waals surface area contributed by atoms with Gasteiger partial charge in [0.15, 0.2) is 13.4 Å². The summed E-state index contributed by atoms with van der Waals surface area (Å²) >= 11 is 1.38. The number of amides is 2. The highest BCUT2D eigenvalue weighted by atomic mass is 32.2. The molecule has 0 bridgehead atoms. The van der Waals surface area contributed by atoms with Gasteiger partial charge in [-0.2, -0.15) is 0 Å². The number of pyridine rings is 1. The zero-order valence-corrected chi connectivity index (χ0v) is 31.6. The molecule has 48 heavy (non-hydrogen) atoms. The van der Waals surface area contributed by atoms with Crippen LogP contribution >= 0.6 is 11.3 Å². The van der Waals surface area contributed by atoms with Crippen LogP contribution in [-0.2, 0) is 25.8 Å². The molecule has 1 saturated carbocycles. The Morgan fingerprint density at radius 3 is 2.52 bits per heavy atom. The lowest BCUT2D eigenvalue weighted by atomic mass is 10.0. The van der Waals surface area contributed by atoms with Crippen molar-refractivity contribution in [2.24, 2.45) is 5.92 Å². The number of hydrogen-bond donors (Lipinski definition) is 2. The molecule has 2 aliphatic heterocycles. The average Bonchev–Trinajstić information content (AvgIpc) is 3.61. The summed E-state index contributed by atoms with van der Waals surface area (Å²) in [4.78, 5) is 40.5. The van der Waals surface area contributed by atoms with Crippen LogP contribution in [-0.4, -0.2) is 69.2 Å². The Morgan fingerprint density at radius 2 is 1.85 bits per heavy atom.